The summed E-state index contributed by atoms with van der Waals surface area (Å²) in [6.07, 6.45) is 3.38. The predicted molar refractivity (Wildman–Crippen MR) is 140 cm³/mol. The van der Waals surface area contributed by atoms with E-state index in [1.54, 1.807) is 18.2 Å². The van der Waals surface area contributed by atoms with Gasteiger partial charge in [0.25, 0.3) is 0 Å². The summed E-state index contributed by atoms with van der Waals surface area (Å²) in [6.45, 7) is 3.50. The number of ether oxygens (including phenoxy) is 1. The van der Waals surface area contributed by atoms with Crippen LogP contribution in [0.15, 0.2) is 36.5 Å². The Morgan fingerprint density at radius 2 is 1.95 bits per heavy atom. The Morgan fingerprint density at radius 3 is 2.57 bits per heavy atom. The van der Waals surface area contributed by atoms with Crippen molar-refractivity contribution in [2.24, 2.45) is 17.8 Å². The average Bonchev–Trinajstić information content (AvgIpc) is 3.35. The molecule has 0 spiro atoms. The Bertz CT molecular complexity index is 1160. The standard InChI is InChI=1S/C27H30Cl2N4O4/c1-16(37-25-9-4-18(11-30)13-31-25)21-14-33(15-22(21)20-7-8-23(28)24(29)10-20)26(34)19-5-2-17(3-6-19)12-32-27(35)36/h4,7-10,13,16-17,19,21-22,32H,2-3,5-6,12,14-15H2,1H3,(H,35,36). The lowest BCUT2D eigenvalue weighted by atomic mass is 9.81. The summed E-state index contributed by atoms with van der Waals surface area (Å²) >= 11 is 12.5. The van der Waals surface area contributed by atoms with Crippen LogP contribution in [-0.2, 0) is 4.79 Å². The molecule has 0 radical (unpaired) electrons. The van der Waals surface area contributed by atoms with Gasteiger partial charge in [0.05, 0.1) is 15.6 Å². The minimum atomic E-state index is -1.01. The number of amides is 2. The topological polar surface area (TPSA) is 116 Å². The second kappa shape index (κ2) is 12.0. The van der Waals surface area contributed by atoms with Crippen LogP contribution in [0.2, 0.25) is 10.0 Å². The molecule has 1 aromatic heterocycles. The number of benzene rings is 1. The molecule has 37 heavy (non-hydrogen) atoms. The monoisotopic (exact) mass is 544 g/mol. The number of nitriles is 1. The number of likely N-dealkylation sites (tertiary alicyclic amines) is 1. The molecule has 2 N–H and O–H groups in total. The van der Waals surface area contributed by atoms with Crippen LogP contribution >= 0.6 is 23.2 Å². The Hall–Kier alpha value is -3.02. The third-order valence-corrected chi connectivity index (χ3v) is 8.30. The number of pyridine rings is 1. The fraction of sp³-hybridized carbons (Fsp3) is 0.481. The van der Waals surface area contributed by atoms with Crippen LogP contribution in [0.3, 0.4) is 0 Å². The molecule has 0 bridgehead atoms. The first-order chi connectivity index (χ1) is 17.7. The molecule has 1 saturated carbocycles. The van der Waals surface area contributed by atoms with E-state index in [1.165, 1.54) is 6.20 Å². The molecule has 3 atom stereocenters. The van der Waals surface area contributed by atoms with Crippen molar-refractivity contribution >= 4 is 35.2 Å². The van der Waals surface area contributed by atoms with Gasteiger partial charge >= 0.3 is 6.09 Å². The normalized spacial score (nSPS) is 24.2. The molecule has 196 valence electrons. The quantitative estimate of drug-likeness (QED) is 0.485. The zero-order valence-electron chi connectivity index (χ0n) is 20.6. The molecule has 1 aromatic carbocycles. The van der Waals surface area contributed by atoms with Gasteiger partial charge in [-0.2, -0.15) is 5.26 Å². The summed E-state index contributed by atoms with van der Waals surface area (Å²) in [4.78, 5) is 30.5. The summed E-state index contributed by atoms with van der Waals surface area (Å²) in [6, 6.07) is 11.0. The highest BCUT2D eigenvalue weighted by molar-refractivity contribution is 6.42. The van der Waals surface area contributed by atoms with Crippen LogP contribution in [0.4, 0.5) is 4.79 Å². The van der Waals surface area contributed by atoms with Gasteiger partial charge in [0.1, 0.15) is 12.2 Å². The van der Waals surface area contributed by atoms with Gasteiger partial charge in [-0.1, -0.05) is 29.3 Å². The van der Waals surface area contributed by atoms with Gasteiger partial charge in [-0.15, -0.1) is 0 Å². The number of halogens is 2. The maximum absolute atomic E-state index is 13.6. The van der Waals surface area contributed by atoms with Gasteiger partial charge in [-0.25, -0.2) is 9.78 Å². The van der Waals surface area contributed by atoms with E-state index in [9.17, 15) is 9.59 Å². The molecular formula is C27H30Cl2N4O4. The number of hydrogen-bond donors (Lipinski definition) is 2. The molecular weight excluding hydrogens is 515 g/mol. The number of carbonyl (C=O) groups excluding carboxylic acids is 1. The van der Waals surface area contributed by atoms with Crippen molar-refractivity contribution in [3.63, 3.8) is 0 Å². The van der Waals surface area contributed by atoms with Crippen molar-refractivity contribution in [2.45, 2.75) is 44.6 Å². The highest BCUT2D eigenvalue weighted by atomic mass is 35.5. The zero-order chi connectivity index (χ0) is 26.5. The number of aromatic nitrogens is 1. The summed E-state index contributed by atoms with van der Waals surface area (Å²) < 4.78 is 6.16. The molecule has 10 heteroatoms. The smallest absolute Gasteiger partial charge is 0.404 e. The van der Waals surface area contributed by atoms with Gasteiger partial charge < -0.3 is 20.1 Å². The SMILES string of the molecule is CC(Oc1ccc(C#N)cn1)C1CN(C(=O)C2CCC(CNC(=O)O)CC2)CC1c1ccc(Cl)c(Cl)c1. The van der Waals surface area contributed by atoms with Gasteiger partial charge in [0, 0.05) is 49.7 Å². The van der Waals surface area contributed by atoms with Gasteiger partial charge in [0.2, 0.25) is 11.8 Å². The van der Waals surface area contributed by atoms with Crippen LogP contribution in [-0.4, -0.2) is 52.7 Å². The lowest BCUT2D eigenvalue weighted by Gasteiger charge is -2.30. The van der Waals surface area contributed by atoms with E-state index in [0.29, 0.717) is 41.1 Å². The first kappa shape index (κ1) is 27.0. The molecule has 4 rings (SSSR count). The molecule has 1 aliphatic heterocycles. The maximum atomic E-state index is 13.6. The number of rotatable bonds is 7. The zero-order valence-corrected chi connectivity index (χ0v) is 22.1. The number of nitrogens with zero attached hydrogens (tertiary/aromatic N) is 3. The number of nitrogens with one attached hydrogen (secondary N) is 1. The van der Waals surface area contributed by atoms with Gasteiger partial charge in [0.15, 0.2) is 0 Å². The van der Waals surface area contributed by atoms with Crippen LogP contribution in [0.25, 0.3) is 0 Å². The van der Waals surface area contributed by atoms with Crippen molar-refractivity contribution in [2.75, 3.05) is 19.6 Å². The van der Waals surface area contributed by atoms with Crippen molar-refractivity contribution in [3.8, 4) is 11.9 Å². The first-order valence-corrected chi connectivity index (χ1v) is 13.2. The third kappa shape index (κ3) is 6.65. The molecule has 3 unspecified atom stereocenters. The van der Waals surface area contributed by atoms with Crippen LogP contribution in [0, 0.1) is 29.1 Å². The van der Waals surface area contributed by atoms with Crippen LogP contribution < -0.4 is 10.1 Å². The third-order valence-electron chi connectivity index (χ3n) is 7.56. The average molecular weight is 545 g/mol. The van der Waals surface area contributed by atoms with E-state index in [4.69, 9.17) is 38.3 Å². The summed E-state index contributed by atoms with van der Waals surface area (Å²) in [5.74, 6) is 0.769. The summed E-state index contributed by atoms with van der Waals surface area (Å²) in [5.41, 5.74) is 1.46. The minimum Gasteiger partial charge on any atom is -0.474 e. The second-order valence-corrected chi connectivity index (χ2v) is 10.7. The molecule has 2 aromatic rings. The van der Waals surface area contributed by atoms with Crippen LogP contribution in [0.5, 0.6) is 5.88 Å². The number of hydrogen-bond acceptors (Lipinski definition) is 5. The maximum Gasteiger partial charge on any atom is 0.404 e. The fourth-order valence-corrected chi connectivity index (χ4v) is 5.78. The van der Waals surface area contributed by atoms with Crippen molar-refractivity contribution in [1.29, 1.82) is 5.26 Å². The molecule has 2 fully saturated rings. The van der Waals surface area contributed by atoms with Gasteiger partial charge in [-0.3, -0.25) is 4.79 Å². The second-order valence-electron chi connectivity index (χ2n) is 9.91. The Labute approximate surface area is 226 Å². The van der Waals surface area contributed by atoms with E-state index < -0.39 is 6.09 Å². The molecule has 2 heterocycles. The van der Waals surface area contributed by atoms with Crippen molar-refractivity contribution in [1.82, 2.24) is 15.2 Å². The number of carbonyl (C=O) groups is 2. The minimum absolute atomic E-state index is 0.00297. The van der Waals surface area contributed by atoms with E-state index >= 15 is 0 Å². The predicted octanol–water partition coefficient (Wildman–Crippen LogP) is 5.34. The largest absolute Gasteiger partial charge is 0.474 e. The Kier molecular flexibility index (Phi) is 8.78. The molecule has 2 amide bonds. The van der Waals surface area contributed by atoms with Crippen molar-refractivity contribution < 1.29 is 19.4 Å². The summed E-state index contributed by atoms with van der Waals surface area (Å²) in [5, 5.41) is 21.3. The van der Waals surface area contributed by atoms with E-state index in [1.807, 2.05) is 30.0 Å². The van der Waals surface area contributed by atoms with Crippen LogP contribution in [0.1, 0.15) is 49.7 Å². The lowest BCUT2D eigenvalue weighted by molar-refractivity contribution is -0.136. The molecule has 1 aliphatic carbocycles. The van der Waals surface area contributed by atoms with Crippen molar-refractivity contribution in [3.05, 3.63) is 57.7 Å². The first-order valence-electron chi connectivity index (χ1n) is 12.5. The van der Waals surface area contributed by atoms with E-state index in [-0.39, 0.29) is 35.7 Å². The fourth-order valence-electron chi connectivity index (χ4n) is 5.48. The van der Waals surface area contributed by atoms with Gasteiger partial charge in [-0.05, 0) is 62.3 Å². The molecule has 1 saturated heterocycles. The molecule has 8 nitrogen and oxygen atoms in total. The van der Waals surface area contributed by atoms with E-state index in [2.05, 4.69) is 10.3 Å². The van der Waals surface area contributed by atoms with E-state index in [0.717, 1.165) is 31.2 Å². The lowest BCUT2D eigenvalue weighted by Crippen LogP contribution is -2.38. The highest BCUT2D eigenvalue weighted by Gasteiger charge is 2.42. The Balaban J connectivity index is 1.47. The highest BCUT2D eigenvalue weighted by Crippen LogP contribution is 2.40. The Morgan fingerprint density at radius 1 is 1.19 bits per heavy atom. The summed E-state index contributed by atoms with van der Waals surface area (Å²) in [7, 11) is 0. The molecule has 2 aliphatic rings. The number of carboxylic acid groups (broad SMARTS) is 1.